The number of aromatic nitrogens is 4. The first kappa shape index (κ1) is 42.2. The molecule has 0 atom stereocenters. The smallest absolute Gasteiger partial charge is 0.229 e. The predicted molar refractivity (Wildman–Crippen MR) is 251 cm³/mol. The van der Waals surface area contributed by atoms with Crippen molar-refractivity contribution in [1.29, 1.82) is 0 Å². The van der Waals surface area contributed by atoms with Crippen LogP contribution in [0, 0.1) is 34.6 Å². The van der Waals surface area contributed by atoms with Crippen LogP contribution < -0.4 is 31.1 Å². The minimum atomic E-state index is 0.557. The minimum Gasteiger partial charge on any atom is -0.369 e. The van der Waals surface area contributed by atoms with Gasteiger partial charge in [0.2, 0.25) is 11.9 Å². The fraction of sp³-hybridized carbons (Fsp3) is 0.319. The van der Waals surface area contributed by atoms with E-state index < -0.39 is 0 Å². The highest BCUT2D eigenvalue weighted by Crippen LogP contribution is 2.28. The van der Waals surface area contributed by atoms with Gasteiger partial charge in [-0.3, -0.25) is 0 Å². The number of rotatable bonds is 10. The Balaban J connectivity index is 0.000000181. The van der Waals surface area contributed by atoms with E-state index in [-0.39, 0.29) is 0 Å². The number of hydrogen-bond donors (Lipinski definition) is 4. The summed E-state index contributed by atoms with van der Waals surface area (Å²) in [5.74, 6) is 2.72. The molecule has 60 heavy (non-hydrogen) atoms. The van der Waals surface area contributed by atoms with Crippen molar-refractivity contribution in [2.24, 2.45) is 0 Å². The quantitative estimate of drug-likeness (QED) is 0.106. The van der Waals surface area contributed by atoms with Gasteiger partial charge in [-0.05, 0) is 144 Å². The first-order chi connectivity index (χ1) is 28.9. The highest BCUT2D eigenvalue weighted by atomic mass is 35.5. The molecule has 2 aliphatic rings. The molecule has 0 aliphatic carbocycles. The summed E-state index contributed by atoms with van der Waals surface area (Å²) in [4.78, 5) is 27.8. The summed E-state index contributed by atoms with van der Waals surface area (Å²) in [6, 6.07) is 29.1. The molecule has 2 fully saturated rings. The van der Waals surface area contributed by atoms with Crippen molar-refractivity contribution in [2.45, 2.75) is 34.6 Å². The molecule has 13 heteroatoms. The maximum atomic E-state index is 6.07. The summed E-state index contributed by atoms with van der Waals surface area (Å²) in [6.07, 6.45) is 3.67. The average Bonchev–Trinajstić information content (AvgIpc) is 3.24. The van der Waals surface area contributed by atoms with Gasteiger partial charge in [0, 0.05) is 115 Å². The Kier molecular flexibility index (Phi) is 13.6. The molecule has 0 amide bonds. The van der Waals surface area contributed by atoms with Gasteiger partial charge < -0.3 is 40.9 Å². The van der Waals surface area contributed by atoms with Gasteiger partial charge in [-0.1, -0.05) is 17.7 Å². The molecule has 0 bridgehead atoms. The topological polar surface area (TPSA) is 113 Å². The van der Waals surface area contributed by atoms with Crippen molar-refractivity contribution in [2.75, 3.05) is 97.5 Å². The standard InChI is InChI=1S/C24H30N6.C23H27ClN6/c1-17-5-6-21(15-18(17)2)26-23-19(3)16-25-24(28-23)27-20-7-9-22(10-8-20)30-13-11-29(4)12-14-30;1-16-14-18(24)4-9-21(16)27-22-17(2)15-25-23(28-22)26-19-5-7-20(8-6-19)30-12-10-29(3)11-13-30/h5-10,15-16H,11-14H2,1-4H3,(H2,25,26,27,28);4-9,14-15H,10-13H2,1-3H3,(H2,25,26,27,28). The number of piperazine rings is 2. The molecule has 12 nitrogen and oxygen atoms in total. The molecule has 2 aliphatic heterocycles. The van der Waals surface area contributed by atoms with Gasteiger partial charge in [0.1, 0.15) is 11.6 Å². The van der Waals surface area contributed by atoms with Gasteiger partial charge in [-0.15, -0.1) is 0 Å². The molecular formula is C47H57ClN12. The Morgan fingerprint density at radius 1 is 0.450 bits per heavy atom. The number of likely N-dealkylation sites (N-methyl/N-ethyl adjacent to an activating group) is 2. The van der Waals surface area contributed by atoms with Crippen molar-refractivity contribution in [3.8, 4) is 0 Å². The van der Waals surface area contributed by atoms with Crippen molar-refractivity contribution in [3.63, 3.8) is 0 Å². The van der Waals surface area contributed by atoms with Crippen LogP contribution in [0.2, 0.25) is 5.02 Å². The van der Waals surface area contributed by atoms with Gasteiger partial charge >= 0.3 is 0 Å². The molecular weight excluding hydrogens is 768 g/mol. The van der Waals surface area contributed by atoms with E-state index in [0.717, 1.165) is 108 Å². The molecule has 2 aromatic heterocycles. The number of nitrogens with zero attached hydrogens (tertiary/aromatic N) is 8. The lowest BCUT2D eigenvalue weighted by Gasteiger charge is -2.34. The summed E-state index contributed by atoms with van der Waals surface area (Å²) in [5.41, 5.74) is 12.0. The molecule has 0 radical (unpaired) electrons. The summed E-state index contributed by atoms with van der Waals surface area (Å²) < 4.78 is 0. The Morgan fingerprint density at radius 3 is 1.38 bits per heavy atom. The molecule has 4 aromatic carbocycles. The van der Waals surface area contributed by atoms with Crippen molar-refractivity contribution in [1.82, 2.24) is 29.7 Å². The number of nitrogens with one attached hydrogen (secondary N) is 4. The molecule has 0 unspecified atom stereocenters. The van der Waals surface area contributed by atoms with E-state index in [4.69, 9.17) is 11.6 Å². The Morgan fingerprint density at radius 2 is 0.917 bits per heavy atom. The van der Waals surface area contributed by atoms with Gasteiger partial charge in [0.15, 0.2) is 0 Å². The third kappa shape index (κ3) is 11.2. The van der Waals surface area contributed by atoms with Gasteiger partial charge in [0.05, 0.1) is 0 Å². The Hall–Kier alpha value is -5.95. The van der Waals surface area contributed by atoms with Crippen LogP contribution in [0.4, 0.5) is 57.7 Å². The Labute approximate surface area is 360 Å². The van der Waals surface area contributed by atoms with E-state index in [0.29, 0.717) is 11.9 Å². The first-order valence-corrected chi connectivity index (χ1v) is 21.0. The summed E-state index contributed by atoms with van der Waals surface area (Å²) in [7, 11) is 4.35. The van der Waals surface area contributed by atoms with Crippen molar-refractivity contribution >= 4 is 69.3 Å². The second-order valence-corrected chi connectivity index (χ2v) is 16.3. The number of anilines is 10. The molecule has 8 rings (SSSR count). The minimum absolute atomic E-state index is 0.557. The fourth-order valence-electron chi connectivity index (χ4n) is 7.01. The van der Waals surface area contributed by atoms with E-state index in [9.17, 15) is 0 Å². The zero-order valence-corrected chi connectivity index (χ0v) is 36.6. The van der Waals surface area contributed by atoms with Crippen molar-refractivity contribution < 1.29 is 0 Å². The number of benzene rings is 4. The van der Waals surface area contributed by atoms with E-state index in [1.54, 1.807) is 0 Å². The Bertz CT molecular complexity index is 2350. The lowest BCUT2D eigenvalue weighted by molar-refractivity contribution is 0.313. The van der Waals surface area contributed by atoms with Crippen LogP contribution in [-0.4, -0.2) is 96.2 Å². The van der Waals surface area contributed by atoms with Crippen LogP contribution in [0.1, 0.15) is 27.8 Å². The van der Waals surface area contributed by atoms with Gasteiger partial charge in [-0.2, -0.15) is 9.97 Å². The van der Waals surface area contributed by atoms with Crippen LogP contribution in [0.3, 0.4) is 0 Å². The van der Waals surface area contributed by atoms with Crippen LogP contribution in [0.15, 0.2) is 97.3 Å². The van der Waals surface area contributed by atoms with E-state index in [1.165, 1.54) is 22.5 Å². The lowest BCUT2D eigenvalue weighted by atomic mass is 10.1. The molecule has 4 N–H and O–H groups in total. The normalized spacial score (nSPS) is 14.6. The molecule has 0 spiro atoms. The molecule has 2 saturated heterocycles. The SMILES string of the molecule is Cc1cc(Cl)ccc1Nc1nc(Nc2ccc(N3CCN(C)CC3)cc2)ncc1C.Cc1ccc(Nc2nc(Nc3ccc(N4CCN(C)CC4)cc3)ncc2C)cc1C. The molecule has 312 valence electrons. The van der Waals surface area contributed by atoms with E-state index >= 15 is 0 Å². The molecule has 4 heterocycles. The number of halogens is 1. The highest BCUT2D eigenvalue weighted by molar-refractivity contribution is 6.30. The van der Waals surface area contributed by atoms with E-state index in [1.807, 2.05) is 51.4 Å². The number of aryl methyl sites for hydroxylation is 5. The zero-order chi connectivity index (χ0) is 42.2. The lowest BCUT2D eigenvalue weighted by Crippen LogP contribution is -2.44. The van der Waals surface area contributed by atoms with Gasteiger partial charge in [0.25, 0.3) is 0 Å². The third-order valence-electron chi connectivity index (χ3n) is 11.1. The maximum Gasteiger partial charge on any atom is 0.229 e. The summed E-state index contributed by atoms with van der Waals surface area (Å²) >= 11 is 6.07. The van der Waals surface area contributed by atoms with Crippen LogP contribution >= 0.6 is 11.6 Å². The third-order valence-corrected chi connectivity index (χ3v) is 11.4. The predicted octanol–water partition coefficient (Wildman–Crippen LogP) is 9.63. The van der Waals surface area contributed by atoms with Crippen LogP contribution in [-0.2, 0) is 0 Å². The second kappa shape index (κ2) is 19.4. The fourth-order valence-corrected chi connectivity index (χ4v) is 7.23. The van der Waals surface area contributed by atoms with E-state index in [2.05, 4.69) is 155 Å². The van der Waals surface area contributed by atoms with Gasteiger partial charge in [-0.25, -0.2) is 9.97 Å². The highest BCUT2D eigenvalue weighted by Gasteiger charge is 2.16. The summed E-state index contributed by atoms with van der Waals surface area (Å²) in [6.45, 7) is 18.9. The monoisotopic (exact) mass is 824 g/mol. The second-order valence-electron chi connectivity index (χ2n) is 15.9. The average molecular weight is 826 g/mol. The van der Waals surface area contributed by atoms with Crippen LogP contribution in [0.5, 0.6) is 0 Å². The molecule has 6 aromatic rings. The molecule has 0 saturated carbocycles. The summed E-state index contributed by atoms with van der Waals surface area (Å²) in [5, 5.41) is 14.2. The number of hydrogen-bond acceptors (Lipinski definition) is 12. The van der Waals surface area contributed by atoms with Crippen molar-refractivity contribution in [3.05, 3.63) is 130 Å². The zero-order valence-electron chi connectivity index (χ0n) is 35.9. The first-order valence-electron chi connectivity index (χ1n) is 20.6. The largest absolute Gasteiger partial charge is 0.369 e. The maximum absolute atomic E-state index is 6.07. The van der Waals surface area contributed by atoms with Crippen LogP contribution in [0.25, 0.3) is 0 Å².